The number of primary amides is 1. The number of aromatic nitrogens is 2. The number of likely N-dealkylation sites (N-methyl/N-ethyl adjacent to an activating group) is 1. The second-order valence-corrected chi connectivity index (χ2v) is 10.9. The topological polar surface area (TPSA) is 230 Å². The number of amides is 2. The summed E-state index contributed by atoms with van der Waals surface area (Å²) in [4.78, 5) is 97.7. The average Bonchev–Trinajstić information content (AvgIpc) is 2.89. The molecule has 6 atom stereocenters. The molecule has 14 nitrogen and oxygen atoms in total. The molecule has 2 fully saturated rings. The Morgan fingerprint density at radius 2 is 1.88 bits per heavy atom. The minimum atomic E-state index is -2.81. The lowest BCUT2D eigenvalue weighted by Gasteiger charge is -2.52. The number of benzene rings is 1. The molecule has 0 bridgehead atoms. The molecule has 14 heteroatoms. The number of H-pyrrole nitrogens is 1. The van der Waals surface area contributed by atoms with E-state index < -0.39 is 81.6 Å². The van der Waals surface area contributed by atoms with Gasteiger partial charge in [-0.1, -0.05) is 6.07 Å². The summed E-state index contributed by atoms with van der Waals surface area (Å²) in [7, 11) is 3.01. The Hall–Kier alpha value is -4.56. The highest BCUT2D eigenvalue weighted by Crippen LogP contribution is 2.51. The SMILES string of the molecule is CN(C)C1C(=O)C(C(N)=O)C(=O)[C@@]2(O)C(=O)C3C(=O)c4c(O)ccc(CNC(=O)c5cc(=O)[nH]cn5)c4C[C@H]3C[C@@H]12. The first kappa shape index (κ1) is 28.0. The summed E-state index contributed by atoms with van der Waals surface area (Å²) < 4.78 is 0. The van der Waals surface area contributed by atoms with Crippen LogP contribution in [0.2, 0.25) is 0 Å². The van der Waals surface area contributed by atoms with E-state index in [1.165, 1.54) is 31.1 Å². The van der Waals surface area contributed by atoms with Gasteiger partial charge < -0.3 is 26.2 Å². The number of nitrogens with zero attached hydrogens (tertiary/aromatic N) is 2. The molecule has 214 valence electrons. The number of carbonyl (C=O) groups is 6. The quantitative estimate of drug-likeness (QED) is 0.246. The molecule has 5 rings (SSSR count). The number of aromatic hydroxyl groups is 1. The minimum absolute atomic E-state index is 0.0503. The van der Waals surface area contributed by atoms with E-state index >= 15 is 0 Å². The molecule has 3 unspecified atom stereocenters. The molecule has 6 N–H and O–H groups in total. The lowest BCUT2D eigenvalue weighted by Crippen LogP contribution is -2.74. The standard InChI is InChI=1S/C27H27N5O9/c1-32(2)20-13-6-11-5-12-10(8-29-26(40)14-7-16(34)31-9-30-14)3-4-15(33)18(12)21(35)17(11)23(37)27(13,41)24(38)19(22(20)36)25(28)39/h3-4,7,9,11,13,17,19-20,33,41H,5-6,8H2,1-2H3,(H2,28,39)(H,29,40)(H,30,31,34)/t11-,13-,17?,19?,20?,27-/m0/s1. The van der Waals surface area contributed by atoms with Crippen LogP contribution in [0, 0.1) is 23.7 Å². The number of hydrogen-bond donors (Lipinski definition) is 5. The number of phenolic OH excluding ortho intramolecular Hbond substituents is 1. The van der Waals surface area contributed by atoms with Gasteiger partial charge in [0.05, 0.1) is 23.9 Å². The van der Waals surface area contributed by atoms with Crippen LogP contribution in [-0.4, -0.2) is 85.8 Å². The van der Waals surface area contributed by atoms with Crippen molar-refractivity contribution in [3.63, 3.8) is 0 Å². The fraction of sp³-hybridized carbons (Fsp3) is 0.407. The van der Waals surface area contributed by atoms with E-state index in [0.29, 0.717) is 11.1 Å². The Bertz CT molecular complexity index is 1600. The Morgan fingerprint density at radius 1 is 1.17 bits per heavy atom. The van der Waals surface area contributed by atoms with Gasteiger partial charge in [0.2, 0.25) is 5.91 Å². The van der Waals surface area contributed by atoms with Crippen molar-refractivity contribution < 1.29 is 39.0 Å². The summed E-state index contributed by atoms with van der Waals surface area (Å²) in [5, 5.41) is 24.8. The summed E-state index contributed by atoms with van der Waals surface area (Å²) in [5.74, 6) is -12.1. The molecule has 0 spiro atoms. The number of phenols is 1. The molecule has 1 heterocycles. The van der Waals surface area contributed by atoms with Crippen molar-refractivity contribution >= 4 is 34.9 Å². The van der Waals surface area contributed by atoms with Gasteiger partial charge in [-0.05, 0) is 50.0 Å². The van der Waals surface area contributed by atoms with Crippen molar-refractivity contribution in [3.05, 3.63) is 57.3 Å². The van der Waals surface area contributed by atoms with E-state index in [0.717, 1.165) is 12.4 Å². The summed E-state index contributed by atoms with van der Waals surface area (Å²) in [6, 6.07) is 2.54. The first-order valence-corrected chi connectivity index (χ1v) is 12.8. The highest BCUT2D eigenvalue weighted by molar-refractivity contribution is 6.32. The van der Waals surface area contributed by atoms with Crippen molar-refractivity contribution in [2.45, 2.75) is 31.0 Å². The zero-order valence-corrected chi connectivity index (χ0v) is 22.0. The molecule has 0 saturated heterocycles. The van der Waals surface area contributed by atoms with Gasteiger partial charge in [0, 0.05) is 18.5 Å². The maximum Gasteiger partial charge on any atom is 0.270 e. The number of rotatable bonds is 5. The predicted octanol–water partition coefficient (Wildman–Crippen LogP) is -2.12. The van der Waals surface area contributed by atoms with Crippen LogP contribution in [0.4, 0.5) is 0 Å². The lowest BCUT2D eigenvalue weighted by molar-refractivity contribution is -0.181. The normalized spacial score (nSPS) is 29.0. The summed E-state index contributed by atoms with van der Waals surface area (Å²) in [6.07, 6.45) is 1.03. The summed E-state index contributed by atoms with van der Waals surface area (Å²) in [5.41, 5.74) is 2.48. The lowest BCUT2D eigenvalue weighted by atomic mass is 9.52. The number of nitrogens with two attached hydrogens (primary N) is 1. The molecule has 2 aromatic rings. The fourth-order valence-corrected chi connectivity index (χ4v) is 6.59. The van der Waals surface area contributed by atoms with Gasteiger partial charge in [0.1, 0.15) is 11.4 Å². The molecule has 3 aliphatic rings. The maximum absolute atomic E-state index is 13.8. The van der Waals surface area contributed by atoms with Crippen molar-refractivity contribution in [1.82, 2.24) is 20.2 Å². The van der Waals surface area contributed by atoms with Crippen LogP contribution in [0.5, 0.6) is 5.75 Å². The van der Waals surface area contributed by atoms with Crippen LogP contribution in [0.15, 0.2) is 29.3 Å². The molecule has 3 aliphatic carbocycles. The predicted molar refractivity (Wildman–Crippen MR) is 137 cm³/mol. The number of Topliss-reactive ketones (excluding diaryl/α,β-unsaturated/α-hetero) is 4. The second kappa shape index (κ2) is 9.82. The fourth-order valence-electron chi connectivity index (χ4n) is 6.59. The summed E-state index contributed by atoms with van der Waals surface area (Å²) in [6.45, 7) is -0.112. The van der Waals surface area contributed by atoms with E-state index in [9.17, 15) is 43.8 Å². The number of nitrogens with one attached hydrogen (secondary N) is 2. The largest absolute Gasteiger partial charge is 0.507 e. The van der Waals surface area contributed by atoms with Gasteiger partial charge in [0.15, 0.2) is 34.7 Å². The monoisotopic (exact) mass is 565 g/mol. The Balaban J connectivity index is 1.52. The highest BCUT2D eigenvalue weighted by Gasteiger charge is 2.69. The summed E-state index contributed by atoms with van der Waals surface area (Å²) >= 11 is 0. The van der Waals surface area contributed by atoms with Gasteiger partial charge >= 0.3 is 0 Å². The van der Waals surface area contributed by atoms with Crippen LogP contribution in [0.3, 0.4) is 0 Å². The number of fused-ring (bicyclic) bond motifs is 3. The number of hydrogen-bond acceptors (Lipinski definition) is 11. The molecular formula is C27H27N5O9. The number of ketones is 4. The number of aliphatic hydroxyl groups is 1. The number of aromatic amines is 1. The number of carbonyl (C=O) groups excluding carboxylic acids is 6. The maximum atomic E-state index is 13.8. The van der Waals surface area contributed by atoms with Gasteiger partial charge in [-0.2, -0.15) is 0 Å². The molecule has 2 saturated carbocycles. The smallest absolute Gasteiger partial charge is 0.270 e. The highest BCUT2D eigenvalue weighted by atomic mass is 16.3. The molecule has 41 heavy (non-hydrogen) atoms. The van der Waals surface area contributed by atoms with Crippen molar-refractivity contribution in [1.29, 1.82) is 0 Å². The zero-order valence-electron chi connectivity index (χ0n) is 22.0. The van der Waals surface area contributed by atoms with Gasteiger partial charge in [-0.25, -0.2) is 4.98 Å². The van der Waals surface area contributed by atoms with Crippen LogP contribution >= 0.6 is 0 Å². The average molecular weight is 566 g/mol. The second-order valence-electron chi connectivity index (χ2n) is 10.9. The van der Waals surface area contributed by atoms with E-state index in [1.807, 2.05) is 0 Å². The van der Waals surface area contributed by atoms with Crippen molar-refractivity contribution in [2.24, 2.45) is 29.4 Å². The van der Waals surface area contributed by atoms with Crippen LogP contribution in [0.25, 0.3) is 0 Å². The Labute approximate surface area is 231 Å². The van der Waals surface area contributed by atoms with Crippen molar-refractivity contribution in [2.75, 3.05) is 14.1 Å². The third-order valence-corrected chi connectivity index (χ3v) is 8.39. The third kappa shape index (κ3) is 4.17. The minimum Gasteiger partial charge on any atom is -0.507 e. The molecule has 1 aromatic heterocycles. The van der Waals surface area contributed by atoms with Crippen LogP contribution in [0.1, 0.15) is 38.4 Å². The van der Waals surface area contributed by atoms with Crippen LogP contribution < -0.4 is 16.6 Å². The Morgan fingerprint density at radius 3 is 2.51 bits per heavy atom. The molecular weight excluding hydrogens is 538 g/mol. The van der Waals surface area contributed by atoms with Gasteiger partial charge in [0.25, 0.3) is 11.5 Å². The first-order chi connectivity index (χ1) is 19.3. The van der Waals surface area contributed by atoms with E-state index in [4.69, 9.17) is 5.73 Å². The first-order valence-electron chi connectivity index (χ1n) is 12.8. The van der Waals surface area contributed by atoms with Crippen molar-refractivity contribution in [3.8, 4) is 5.75 Å². The van der Waals surface area contributed by atoms with Gasteiger partial charge in [-0.3, -0.25) is 38.5 Å². The molecule has 1 aromatic carbocycles. The zero-order chi connectivity index (χ0) is 30.0. The third-order valence-electron chi connectivity index (χ3n) is 8.39. The van der Waals surface area contributed by atoms with Gasteiger partial charge in [-0.15, -0.1) is 0 Å². The Kier molecular flexibility index (Phi) is 6.70. The van der Waals surface area contributed by atoms with Crippen LogP contribution in [-0.2, 0) is 32.1 Å². The van der Waals surface area contributed by atoms with E-state index in [2.05, 4.69) is 15.3 Å². The molecule has 2 amide bonds. The van der Waals surface area contributed by atoms with E-state index in [1.54, 1.807) is 0 Å². The van der Waals surface area contributed by atoms with E-state index in [-0.39, 0.29) is 30.6 Å². The molecule has 0 radical (unpaired) electrons. The molecule has 0 aliphatic heterocycles.